The largest absolute Gasteiger partial charge is 0.370 e. The highest BCUT2D eigenvalue weighted by Gasteiger charge is 2.19. The van der Waals surface area contributed by atoms with Crippen LogP contribution in [0.25, 0.3) is 0 Å². The second-order valence-electron chi connectivity index (χ2n) is 4.85. The van der Waals surface area contributed by atoms with Crippen molar-refractivity contribution in [3.8, 4) is 0 Å². The maximum absolute atomic E-state index is 13.2. The number of hydrogen-bond donors (Lipinski definition) is 2. The van der Waals surface area contributed by atoms with E-state index in [4.69, 9.17) is 5.73 Å². The van der Waals surface area contributed by atoms with E-state index in [1.54, 1.807) is 12.1 Å². The molecule has 1 atom stereocenters. The molecular formula is C16H17FN2O. The van der Waals surface area contributed by atoms with Crippen LogP contribution < -0.4 is 11.1 Å². The van der Waals surface area contributed by atoms with E-state index >= 15 is 0 Å². The van der Waals surface area contributed by atoms with Crippen molar-refractivity contribution in [1.82, 2.24) is 0 Å². The van der Waals surface area contributed by atoms with Crippen LogP contribution in [-0.4, -0.2) is 5.91 Å². The van der Waals surface area contributed by atoms with Crippen LogP contribution in [-0.2, 0) is 4.79 Å². The Labute approximate surface area is 117 Å². The fraction of sp³-hybridized carbons (Fsp3) is 0.188. The summed E-state index contributed by atoms with van der Waals surface area (Å²) in [5.74, 6) is -0.861. The molecule has 0 fully saturated rings. The minimum atomic E-state index is -0.683. The van der Waals surface area contributed by atoms with Crippen LogP contribution in [0.1, 0.15) is 22.7 Å². The fourth-order valence-electron chi connectivity index (χ4n) is 2.20. The van der Waals surface area contributed by atoms with Crippen molar-refractivity contribution in [3.63, 3.8) is 0 Å². The number of carbonyl (C=O) groups excluding carboxylic acids is 1. The molecule has 0 saturated heterocycles. The third-order valence-corrected chi connectivity index (χ3v) is 3.16. The van der Waals surface area contributed by atoms with Gasteiger partial charge in [-0.05, 0) is 43.2 Å². The third kappa shape index (κ3) is 3.15. The second-order valence-corrected chi connectivity index (χ2v) is 4.85. The van der Waals surface area contributed by atoms with Crippen molar-refractivity contribution >= 4 is 11.6 Å². The summed E-state index contributed by atoms with van der Waals surface area (Å²) in [6, 6.07) is 11.1. The average molecular weight is 272 g/mol. The Morgan fingerprint density at radius 1 is 1.20 bits per heavy atom. The Kier molecular flexibility index (Phi) is 4.03. The molecule has 0 saturated carbocycles. The van der Waals surface area contributed by atoms with Crippen molar-refractivity contribution in [2.24, 2.45) is 5.73 Å². The summed E-state index contributed by atoms with van der Waals surface area (Å²) >= 11 is 0. The molecular weight excluding hydrogens is 255 g/mol. The monoisotopic (exact) mass is 272 g/mol. The summed E-state index contributed by atoms with van der Waals surface area (Å²) in [4.78, 5) is 11.7. The van der Waals surface area contributed by atoms with Gasteiger partial charge in [-0.15, -0.1) is 0 Å². The van der Waals surface area contributed by atoms with Gasteiger partial charge in [0.25, 0.3) is 0 Å². The number of nitrogens with two attached hydrogens (primary N) is 1. The number of hydrogen-bond acceptors (Lipinski definition) is 2. The van der Waals surface area contributed by atoms with Gasteiger partial charge in [-0.2, -0.15) is 0 Å². The Bertz CT molecular complexity index is 640. The zero-order valence-electron chi connectivity index (χ0n) is 11.5. The number of primary amides is 1. The maximum Gasteiger partial charge on any atom is 0.244 e. The number of halogens is 1. The van der Waals surface area contributed by atoms with Crippen LogP contribution >= 0.6 is 0 Å². The summed E-state index contributed by atoms with van der Waals surface area (Å²) < 4.78 is 13.2. The van der Waals surface area contributed by atoms with E-state index in [0.29, 0.717) is 5.69 Å². The first kappa shape index (κ1) is 14.1. The van der Waals surface area contributed by atoms with Gasteiger partial charge in [0.1, 0.15) is 11.9 Å². The quantitative estimate of drug-likeness (QED) is 0.898. The van der Waals surface area contributed by atoms with Gasteiger partial charge in [0.05, 0.1) is 0 Å². The highest BCUT2D eigenvalue weighted by Crippen LogP contribution is 2.23. The number of anilines is 1. The van der Waals surface area contributed by atoms with Crippen LogP contribution in [0.3, 0.4) is 0 Å². The molecule has 2 aromatic carbocycles. The molecule has 1 unspecified atom stereocenters. The standard InChI is InChI=1S/C16H17FN2O/c1-10-6-7-14(11(2)8-10)15(16(18)20)19-13-5-3-4-12(17)9-13/h3-9,15,19H,1-2H3,(H2,18,20). The van der Waals surface area contributed by atoms with Crippen molar-refractivity contribution in [3.05, 3.63) is 65.0 Å². The predicted octanol–water partition coefficient (Wildman–Crippen LogP) is 3.08. The average Bonchev–Trinajstić information content (AvgIpc) is 2.36. The molecule has 3 nitrogen and oxygen atoms in total. The molecule has 0 aliphatic carbocycles. The fourth-order valence-corrected chi connectivity index (χ4v) is 2.20. The van der Waals surface area contributed by atoms with Crippen LogP contribution in [0.2, 0.25) is 0 Å². The molecule has 0 aliphatic rings. The van der Waals surface area contributed by atoms with E-state index in [0.717, 1.165) is 16.7 Å². The van der Waals surface area contributed by atoms with Crippen LogP contribution in [0.4, 0.5) is 10.1 Å². The topological polar surface area (TPSA) is 55.1 Å². The molecule has 2 rings (SSSR count). The van der Waals surface area contributed by atoms with E-state index in [2.05, 4.69) is 5.32 Å². The number of amides is 1. The molecule has 0 aliphatic heterocycles. The molecule has 0 bridgehead atoms. The van der Waals surface area contributed by atoms with Crippen molar-refractivity contribution in [1.29, 1.82) is 0 Å². The van der Waals surface area contributed by atoms with E-state index in [1.807, 2.05) is 32.0 Å². The minimum absolute atomic E-state index is 0.362. The lowest BCUT2D eigenvalue weighted by atomic mass is 9.98. The normalized spacial score (nSPS) is 11.9. The summed E-state index contributed by atoms with van der Waals surface area (Å²) in [6.45, 7) is 3.90. The number of rotatable bonds is 4. The third-order valence-electron chi connectivity index (χ3n) is 3.16. The first-order valence-corrected chi connectivity index (χ1v) is 6.36. The Balaban J connectivity index is 2.34. The summed E-state index contributed by atoms with van der Waals surface area (Å²) in [6.07, 6.45) is 0. The van der Waals surface area contributed by atoms with Crippen LogP contribution in [0.15, 0.2) is 42.5 Å². The Morgan fingerprint density at radius 3 is 2.55 bits per heavy atom. The van der Waals surface area contributed by atoms with Gasteiger partial charge < -0.3 is 11.1 Å². The predicted molar refractivity (Wildman–Crippen MR) is 77.9 cm³/mol. The lowest BCUT2D eigenvalue weighted by Crippen LogP contribution is -2.28. The van der Waals surface area contributed by atoms with Gasteiger partial charge in [0, 0.05) is 5.69 Å². The first-order valence-electron chi connectivity index (χ1n) is 6.36. The highest BCUT2D eigenvalue weighted by molar-refractivity contribution is 5.85. The second kappa shape index (κ2) is 5.74. The van der Waals surface area contributed by atoms with E-state index in [9.17, 15) is 9.18 Å². The van der Waals surface area contributed by atoms with Crippen molar-refractivity contribution in [2.75, 3.05) is 5.32 Å². The molecule has 1 amide bonds. The molecule has 20 heavy (non-hydrogen) atoms. The van der Waals surface area contributed by atoms with Gasteiger partial charge in [-0.25, -0.2) is 4.39 Å². The number of nitrogens with one attached hydrogen (secondary N) is 1. The van der Waals surface area contributed by atoms with Crippen LogP contribution in [0, 0.1) is 19.7 Å². The number of aryl methyl sites for hydroxylation is 2. The van der Waals surface area contributed by atoms with Crippen molar-refractivity contribution in [2.45, 2.75) is 19.9 Å². The molecule has 104 valence electrons. The molecule has 2 aromatic rings. The van der Waals surface area contributed by atoms with Crippen molar-refractivity contribution < 1.29 is 9.18 Å². The molecule has 0 heterocycles. The maximum atomic E-state index is 13.2. The van der Waals surface area contributed by atoms with Gasteiger partial charge >= 0.3 is 0 Å². The minimum Gasteiger partial charge on any atom is -0.370 e. The smallest absolute Gasteiger partial charge is 0.244 e. The van der Waals surface area contributed by atoms with Gasteiger partial charge in [0.2, 0.25) is 5.91 Å². The molecule has 3 N–H and O–H groups in total. The van der Waals surface area contributed by atoms with E-state index < -0.39 is 11.9 Å². The summed E-state index contributed by atoms with van der Waals surface area (Å²) in [5.41, 5.74) is 8.87. The molecule has 0 aromatic heterocycles. The zero-order valence-corrected chi connectivity index (χ0v) is 11.5. The van der Waals surface area contributed by atoms with Crippen LogP contribution in [0.5, 0.6) is 0 Å². The van der Waals surface area contributed by atoms with E-state index in [-0.39, 0.29) is 5.82 Å². The summed E-state index contributed by atoms with van der Waals surface area (Å²) in [5, 5.41) is 2.98. The zero-order chi connectivity index (χ0) is 14.7. The molecule has 0 radical (unpaired) electrons. The SMILES string of the molecule is Cc1ccc(C(Nc2cccc(F)c2)C(N)=O)c(C)c1. The van der Waals surface area contributed by atoms with Gasteiger partial charge in [-0.3, -0.25) is 4.79 Å². The van der Waals surface area contributed by atoms with Gasteiger partial charge in [0.15, 0.2) is 0 Å². The number of benzene rings is 2. The Hall–Kier alpha value is -2.36. The summed E-state index contributed by atoms with van der Waals surface area (Å²) in [7, 11) is 0. The first-order chi connectivity index (χ1) is 9.47. The Morgan fingerprint density at radius 2 is 1.95 bits per heavy atom. The highest BCUT2D eigenvalue weighted by atomic mass is 19.1. The van der Waals surface area contributed by atoms with E-state index in [1.165, 1.54) is 12.1 Å². The molecule has 4 heteroatoms. The lowest BCUT2D eigenvalue weighted by Gasteiger charge is -2.19. The lowest BCUT2D eigenvalue weighted by molar-refractivity contribution is -0.118. The molecule has 0 spiro atoms. The van der Waals surface area contributed by atoms with Gasteiger partial charge in [-0.1, -0.05) is 29.8 Å². The number of carbonyl (C=O) groups is 1.